The van der Waals surface area contributed by atoms with Crippen molar-refractivity contribution in [1.29, 1.82) is 0 Å². The molecule has 35 heavy (non-hydrogen) atoms. The summed E-state index contributed by atoms with van der Waals surface area (Å²) in [6.07, 6.45) is 0.990. The molecule has 2 heterocycles. The fourth-order valence-electron chi connectivity index (χ4n) is 4.41. The molecule has 0 spiro atoms. The van der Waals surface area contributed by atoms with E-state index in [1.54, 1.807) is 27.8 Å². The second kappa shape index (κ2) is 10.4. The molecule has 0 aliphatic carbocycles. The SMILES string of the molecule is CC(=O)OCC1(NC(=O)C(=O)c2c(C)c(C(=O)Nc3ccc(F)c(C)c3)c(C)n2C)CCNCC1. The molecule has 1 fully saturated rings. The van der Waals surface area contributed by atoms with Crippen molar-refractivity contribution in [1.82, 2.24) is 15.2 Å². The van der Waals surface area contributed by atoms with E-state index in [0.29, 0.717) is 48.4 Å². The number of Topliss-reactive ketones (excluding diaryl/α,β-unsaturated/α-hetero) is 1. The zero-order valence-corrected chi connectivity index (χ0v) is 20.6. The number of esters is 1. The molecule has 3 rings (SSSR count). The van der Waals surface area contributed by atoms with E-state index in [0.717, 1.165) is 0 Å². The zero-order valence-electron chi connectivity index (χ0n) is 20.6. The summed E-state index contributed by atoms with van der Waals surface area (Å²) in [6.45, 7) is 7.35. The number of nitrogens with zero attached hydrogens (tertiary/aromatic N) is 1. The molecule has 0 bridgehead atoms. The number of aromatic nitrogens is 1. The summed E-state index contributed by atoms with van der Waals surface area (Å²) in [5.74, 6) is -2.93. The molecule has 1 aliphatic heterocycles. The lowest BCUT2D eigenvalue weighted by molar-refractivity contribution is -0.144. The van der Waals surface area contributed by atoms with Crippen molar-refractivity contribution in [2.45, 2.75) is 46.1 Å². The van der Waals surface area contributed by atoms with Gasteiger partial charge in [0.1, 0.15) is 12.4 Å². The van der Waals surface area contributed by atoms with Crippen LogP contribution in [0.25, 0.3) is 0 Å². The molecule has 10 heteroatoms. The van der Waals surface area contributed by atoms with E-state index in [1.165, 1.54) is 29.7 Å². The molecular formula is C25H31FN4O5. The van der Waals surface area contributed by atoms with E-state index in [9.17, 15) is 23.6 Å². The summed E-state index contributed by atoms with van der Waals surface area (Å²) in [4.78, 5) is 50.7. The van der Waals surface area contributed by atoms with Crippen molar-refractivity contribution in [3.8, 4) is 0 Å². The van der Waals surface area contributed by atoms with Gasteiger partial charge in [-0.15, -0.1) is 0 Å². The number of hydrogen-bond donors (Lipinski definition) is 3. The lowest BCUT2D eigenvalue weighted by Gasteiger charge is -2.37. The van der Waals surface area contributed by atoms with Crippen molar-refractivity contribution in [2.75, 3.05) is 25.0 Å². The summed E-state index contributed by atoms with van der Waals surface area (Å²) < 4.78 is 20.3. The van der Waals surface area contributed by atoms with E-state index in [4.69, 9.17) is 4.74 Å². The van der Waals surface area contributed by atoms with Crippen LogP contribution in [0.2, 0.25) is 0 Å². The number of ketones is 1. The third-order valence-electron chi connectivity index (χ3n) is 6.49. The molecule has 1 aromatic heterocycles. The highest BCUT2D eigenvalue weighted by Gasteiger charge is 2.38. The lowest BCUT2D eigenvalue weighted by atomic mass is 9.88. The van der Waals surface area contributed by atoms with Gasteiger partial charge in [-0.3, -0.25) is 19.2 Å². The van der Waals surface area contributed by atoms with E-state index in [2.05, 4.69) is 16.0 Å². The van der Waals surface area contributed by atoms with Gasteiger partial charge in [-0.25, -0.2) is 4.39 Å². The number of nitrogens with one attached hydrogen (secondary N) is 3. The van der Waals surface area contributed by atoms with Crippen LogP contribution in [-0.2, 0) is 21.4 Å². The Bertz CT molecular complexity index is 1180. The van der Waals surface area contributed by atoms with Crippen LogP contribution in [0.3, 0.4) is 0 Å². The molecule has 3 N–H and O–H groups in total. The average Bonchev–Trinajstić information content (AvgIpc) is 3.03. The van der Waals surface area contributed by atoms with Gasteiger partial charge in [0.25, 0.3) is 17.6 Å². The Morgan fingerprint density at radius 2 is 1.80 bits per heavy atom. The standard InChI is InChI=1S/C25H31FN4O5/c1-14-12-18(6-7-19(14)26)28-23(33)20-15(2)21(30(5)16(20)3)22(32)24(34)29-25(13-35-17(4)31)8-10-27-11-9-25/h6-7,12,27H,8-11,13H2,1-5H3,(H,28,33)(H,29,34). The molecule has 188 valence electrons. The maximum Gasteiger partial charge on any atom is 0.302 e. The van der Waals surface area contributed by atoms with Crippen LogP contribution in [0, 0.1) is 26.6 Å². The quantitative estimate of drug-likeness (QED) is 0.314. The van der Waals surface area contributed by atoms with Crippen LogP contribution in [0.1, 0.15) is 57.4 Å². The summed E-state index contributed by atoms with van der Waals surface area (Å²) >= 11 is 0. The van der Waals surface area contributed by atoms with Crippen molar-refractivity contribution in [2.24, 2.45) is 7.05 Å². The van der Waals surface area contributed by atoms with Gasteiger partial charge in [-0.2, -0.15) is 0 Å². The number of hydrogen-bond acceptors (Lipinski definition) is 6. The normalized spacial score (nSPS) is 14.8. The Kier molecular flexibility index (Phi) is 7.74. The van der Waals surface area contributed by atoms with Gasteiger partial charge >= 0.3 is 5.97 Å². The first kappa shape index (κ1) is 26.1. The van der Waals surface area contributed by atoms with E-state index in [-0.39, 0.29) is 23.7 Å². The number of carbonyl (C=O) groups is 4. The molecule has 0 saturated carbocycles. The second-order valence-corrected chi connectivity index (χ2v) is 9.00. The maximum atomic E-state index is 13.6. The Balaban J connectivity index is 1.85. The summed E-state index contributed by atoms with van der Waals surface area (Å²) in [5, 5.41) is 8.71. The first-order chi connectivity index (χ1) is 16.5. The highest BCUT2D eigenvalue weighted by Crippen LogP contribution is 2.25. The number of amides is 2. The predicted molar refractivity (Wildman–Crippen MR) is 128 cm³/mol. The molecule has 2 amide bonds. The van der Waals surface area contributed by atoms with Gasteiger partial charge in [-0.05, 0) is 76.0 Å². The smallest absolute Gasteiger partial charge is 0.302 e. The molecule has 2 aromatic rings. The number of anilines is 1. The first-order valence-electron chi connectivity index (χ1n) is 11.4. The van der Waals surface area contributed by atoms with Crippen LogP contribution in [-0.4, -0.2) is 53.4 Å². The van der Waals surface area contributed by atoms with Crippen molar-refractivity contribution in [3.63, 3.8) is 0 Å². The molecule has 0 radical (unpaired) electrons. The van der Waals surface area contributed by atoms with Crippen LogP contribution in [0.5, 0.6) is 0 Å². The van der Waals surface area contributed by atoms with Gasteiger partial charge in [0.2, 0.25) is 0 Å². The highest BCUT2D eigenvalue weighted by atomic mass is 19.1. The highest BCUT2D eigenvalue weighted by molar-refractivity contribution is 6.43. The lowest BCUT2D eigenvalue weighted by Crippen LogP contribution is -2.58. The van der Waals surface area contributed by atoms with Gasteiger partial charge in [-0.1, -0.05) is 0 Å². The van der Waals surface area contributed by atoms with Crippen molar-refractivity contribution >= 4 is 29.3 Å². The summed E-state index contributed by atoms with van der Waals surface area (Å²) in [7, 11) is 1.61. The minimum Gasteiger partial charge on any atom is -0.463 e. The molecule has 1 saturated heterocycles. The number of aryl methyl sites for hydroxylation is 1. The van der Waals surface area contributed by atoms with Crippen LogP contribution >= 0.6 is 0 Å². The molecule has 0 unspecified atom stereocenters. The third kappa shape index (κ3) is 5.59. The van der Waals surface area contributed by atoms with Gasteiger partial charge in [0, 0.05) is 25.4 Å². The maximum absolute atomic E-state index is 13.6. The molecule has 1 aliphatic rings. The Morgan fingerprint density at radius 1 is 1.14 bits per heavy atom. The molecular weight excluding hydrogens is 455 g/mol. The number of benzene rings is 1. The minimum absolute atomic E-state index is 0.0288. The summed E-state index contributed by atoms with van der Waals surface area (Å²) in [5.41, 5.74) is 1.18. The second-order valence-electron chi connectivity index (χ2n) is 9.00. The molecule has 1 aromatic carbocycles. The van der Waals surface area contributed by atoms with Crippen LogP contribution in [0.15, 0.2) is 18.2 Å². The number of halogens is 1. The van der Waals surface area contributed by atoms with Crippen molar-refractivity contribution < 1.29 is 28.3 Å². The summed E-state index contributed by atoms with van der Waals surface area (Å²) in [6, 6.07) is 4.23. The van der Waals surface area contributed by atoms with Crippen LogP contribution < -0.4 is 16.0 Å². The number of piperidine rings is 1. The molecule has 0 atom stereocenters. The predicted octanol–water partition coefficient (Wildman–Crippen LogP) is 2.33. The van der Waals surface area contributed by atoms with E-state index in [1.807, 2.05) is 0 Å². The average molecular weight is 487 g/mol. The van der Waals surface area contributed by atoms with E-state index >= 15 is 0 Å². The Labute approximate surface area is 203 Å². The number of rotatable bonds is 7. The Hall–Kier alpha value is -3.53. The fourth-order valence-corrected chi connectivity index (χ4v) is 4.41. The third-order valence-corrected chi connectivity index (χ3v) is 6.49. The monoisotopic (exact) mass is 486 g/mol. The van der Waals surface area contributed by atoms with Gasteiger partial charge < -0.3 is 25.3 Å². The topological polar surface area (TPSA) is 119 Å². The number of carbonyl (C=O) groups excluding carboxylic acids is 4. The van der Waals surface area contributed by atoms with Crippen LogP contribution in [0.4, 0.5) is 10.1 Å². The largest absolute Gasteiger partial charge is 0.463 e. The van der Waals surface area contributed by atoms with Gasteiger partial charge in [0.15, 0.2) is 0 Å². The first-order valence-corrected chi connectivity index (χ1v) is 11.4. The minimum atomic E-state index is -0.849. The van der Waals surface area contributed by atoms with Gasteiger partial charge in [0.05, 0.1) is 16.8 Å². The fraction of sp³-hybridized carbons (Fsp3) is 0.440. The Morgan fingerprint density at radius 3 is 2.40 bits per heavy atom. The van der Waals surface area contributed by atoms with Crippen molar-refractivity contribution in [3.05, 3.63) is 52.1 Å². The van der Waals surface area contributed by atoms with E-state index < -0.39 is 29.1 Å². The molecule has 9 nitrogen and oxygen atoms in total. The zero-order chi connectivity index (χ0) is 25.9. The number of ether oxygens (including phenoxy) is 1.